The zero-order valence-electron chi connectivity index (χ0n) is 12.6. The van der Waals surface area contributed by atoms with Crippen LogP contribution in [0.5, 0.6) is 0 Å². The molecule has 0 radical (unpaired) electrons. The van der Waals surface area contributed by atoms with Gasteiger partial charge in [-0.05, 0) is 69.0 Å². The lowest BCUT2D eigenvalue weighted by Gasteiger charge is -2.22. The Bertz CT molecular complexity index is 635. The minimum Gasteiger partial charge on any atom is -0.316 e. The van der Waals surface area contributed by atoms with Crippen LogP contribution in [0.25, 0.3) is 0 Å². The van der Waals surface area contributed by atoms with Crippen LogP contribution in [0.4, 0.5) is 0 Å². The zero-order chi connectivity index (χ0) is 15.3. The molecule has 122 valence electrons. The van der Waals surface area contributed by atoms with E-state index in [0.717, 1.165) is 32.4 Å². The Kier molecular flexibility index (Phi) is 7.30. The SMILES string of the molecule is Cc1cc(S(=O)(=O)NCCC2CCCNC2)ccc1C#N.Cl. The van der Waals surface area contributed by atoms with E-state index >= 15 is 0 Å². The van der Waals surface area contributed by atoms with Crippen molar-refractivity contribution in [2.24, 2.45) is 5.92 Å². The number of nitrogens with zero attached hydrogens (tertiary/aromatic N) is 1. The number of nitriles is 1. The van der Waals surface area contributed by atoms with E-state index in [4.69, 9.17) is 5.26 Å². The number of hydrogen-bond donors (Lipinski definition) is 2. The number of aryl methyl sites for hydroxylation is 1. The molecule has 1 aromatic rings. The summed E-state index contributed by atoms with van der Waals surface area (Å²) in [6, 6.07) is 6.62. The van der Waals surface area contributed by atoms with E-state index < -0.39 is 10.0 Å². The van der Waals surface area contributed by atoms with Crippen LogP contribution in [-0.4, -0.2) is 28.1 Å². The maximum atomic E-state index is 12.2. The van der Waals surface area contributed by atoms with Crippen molar-refractivity contribution in [1.82, 2.24) is 10.0 Å². The monoisotopic (exact) mass is 343 g/mol. The molecule has 0 aliphatic carbocycles. The molecule has 1 saturated heterocycles. The van der Waals surface area contributed by atoms with Gasteiger partial charge >= 0.3 is 0 Å². The third-order valence-corrected chi connectivity index (χ3v) is 5.33. The molecule has 2 rings (SSSR count). The van der Waals surface area contributed by atoms with E-state index in [-0.39, 0.29) is 17.3 Å². The Morgan fingerprint density at radius 1 is 1.45 bits per heavy atom. The maximum absolute atomic E-state index is 12.2. The highest BCUT2D eigenvalue weighted by Crippen LogP contribution is 2.16. The molecule has 22 heavy (non-hydrogen) atoms. The second-order valence-electron chi connectivity index (χ2n) is 5.49. The van der Waals surface area contributed by atoms with E-state index in [9.17, 15) is 8.42 Å². The summed E-state index contributed by atoms with van der Waals surface area (Å²) >= 11 is 0. The van der Waals surface area contributed by atoms with Gasteiger partial charge in [-0.2, -0.15) is 5.26 Å². The first-order chi connectivity index (χ1) is 10.0. The van der Waals surface area contributed by atoms with Crippen LogP contribution in [-0.2, 0) is 10.0 Å². The van der Waals surface area contributed by atoms with Gasteiger partial charge in [0.05, 0.1) is 16.5 Å². The van der Waals surface area contributed by atoms with E-state index in [1.54, 1.807) is 19.1 Å². The summed E-state index contributed by atoms with van der Waals surface area (Å²) < 4.78 is 27.1. The lowest BCUT2D eigenvalue weighted by molar-refractivity contribution is 0.358. The maximum Gasteiger partial charge on any atom is 0.240 e. The first kappa shape index (κ1) is 18.9. The van der Waals surface area contributed by atoms with Crippen molar-refractivity contribution in [2.45, 2.75) is 31.1 Å². The molecule has 1 unspecified atom stereocenters. The highest BCUT2D eigenvalue weighted by Gasteiger charge is 2.17. The van der Waals surface area contributed by atoms with Crippen molar-refractivity contribution >= 4 is 22.4 Å². The lowest BCUT2D eigenvalue weighted by atomic mass is 9.96. The molecule has 0 bridgehead atoms. The third-order valence-electron chi connectivity index (χ3n) is 3.87. The predicted octanol–water partition coefficient (Wildman–Crippen LogP) is 1.96. The molecule has 1 fully saturated rings. The molecule has 0 aromatic heterocycles. The normalized spacial score (nSPS) is 18.3. The van der Waals surface area contributed by atoms with Crippen molar-refractivity contribution in [2.75, 3.05) is 19.6 Å². The summed E-state index contributed by atoms with van der Waals surface area (Å²) in [5.74, 6) is 0.546. The minimum absolute atomic E-state index is 0. The Labute approximate surface area is 138 Å². The summed E-state index contributed by atoms with van der Waals surface area (Å²) in [6.07, 6.45) is 3.17. The number of benzene rings is 1. The highest BCUT2D eigenvalue weighted by molar-refractivity contribution is 7.89. The van der Waals surface area contributed by atoms with Gasteiger partial charge in [0, 0.05) is 6.54 Å². The lowest BCUT2D eigenvalue weighted by Crippen LogP contribution is -2.33. The number of piperidine rings is 1. The van der Waals surface area contributed by atoms with Gasteiger partial charge in [0.15, 0.2) is 0 Å². The van der Waals surface area contributed by atoms with Crippen LogP contribution in [0.3, 0.4) is 0 Å². The highest BCUT2D eigenvalue weighted by atomic mass is 35.5. The Hall–Kier alpha value is -1.13. The average Bonchev–Trinajstić information content (AvgIpc) is 2.48. The van der Waals surface area contributed by atoms with Crippen molar-refractivity contribution < 1.29 is 8.42 Å². The fraction of sp³-hybridized carbons (Fsp3) is 0.533. The van der Waals surface area contributed by atoms with Crippen molar-refractivity contribution in [3.63, 3.8) is 0 Å². The van der Waals surface area contributed by atoms with Gasteiger partial charge in [0.1, 0.15) is 0 Å². The Morgan fingerprint density at radius 3 is 2.82 bits per heavy atom. The van der Waals surface area contributed by atoms with Crippen LogP contribution in [0.15, 0.2) is 23.1 Å². The van der Waals surface area contributed by atoms with Crippen molar-refractivity contribution in [1.29, 1.82) is 5.26 Å². The molecule has 5 nitrogen and oxygen atoms in total. The quantitative estimate of drug-likeness (QED) is 0.856. The van der Waals surface area contributed by atoms with Crippen molar-refractivity contribution in [3.05, 3.63) is 29.3 Å². The molecule has 2 N–H and O–H groups in total. The van der Waals surface area contributed by atoms with E-state index in [2.05, 4.69) is 10.0 Å². The van der Waals surface area contributed by atoms with E-state index in [1.807, 2.05) is 6.07 Å². The minimum atomic E-state index is -3.49. The molecule has 0 spiro atoms. The van der Waals surface area contributed by atoms with Gasteiger partial charge in [0.25, 0.3) is 0 Å². The van der Waals surface area contributed by atoms with Crippen LogP contribution in [0.2, 0.25) is 0 Å². The standard InChI is InChI=1S/C15H21N3O2S.ClH/c1-12-9-15(5-4-14(12)10-16)21(19,20)18-8-6-13-3-2-7-17-11-13;/h4-5,9,13,17-18H,2-3,6-8,11H2,1H3;1H. The number of nitrogens with one attached hydrogen (secondary N) is 2. The zero-order valence-corrected chi connectivity index (χ0v) is 14.3. The van der Waals surface area contributed by atoms with Gasteiger partial charge in [-0.15, -0.1) is 12.4 Å². The molecular formula is C15H22ClN3O2S. The summed E-state index contributed by atoms with van der Waals surface area (Å²) in [5, 5.41) is 12.2. The summed E-state index contributed by atoms with van der Waals surface area (Å²) in [7, 11) is -3.49. The molecule has 1 atom stereocenters. The van der Waals surface area contributed by atoms with Crippen LogP contribution in [0.1, 0.15) is 30.4 Å². The fourth-order valence-corrected chi connectivity index (χ4v) is 3.71. The van der Waals surface area contributed by atoms with E-state index in [1.165, 1.54) is 6.07 Å². The molecular weight excluding hydrogens is 322 g/mol. The summed E-state index contributed by atoms with van der Waals surface area (Å²) in [5.41, 5.74) is 1.18. The molecule has 1 aliphatic heterocycles. The van der Waals surface area contributed by atoms with Gasteiger partial charge in [0.2, 0.25) is 10.0 Å². The topological polar surface area (TPSA) is 82.0 Å². The number of halogens is 1. The van der Waals surface area contributed by atoms with Crippen LogP contribution in [0, 0.1) is 24.2 Å². The largest absolute Gasteiger partial charge is 0.316 e. The van der Waals surface area contributed by atoms with E-state index in [0.29, 0.717) is 23.6 Å². The smallest absolute Gasteiger partial charge is 0.240 e. The Morgan fingerprint density at radius 2 is 2.23 bits per heavy atom. The fourth-order valence-electron chi connectivity index (χ4n) is 2.58. The predicted molar refractivity (Wildman–Crippen MR) is 88.5 cm³/mol. The molecule has 0 saturated carbocycles. The number of rotatable bonds is 5. The first-order valence-corrected chi connectivity index (χ1v) is 8.72. The Balaban J connectivity index is 0.00000242. The molecule has 1 aromatic carbocycles. The molecule has 1 heterocycles. The third kappa shape index (κ3) is 4.96. The molecule has 1 aliphatic rings. The summed E-state index contributed by atoms with van der Waals surface area (Å²) in [4.78, 5) is 0.223. The van der Waals surface area contributed by atoms with Gasteiger partial charge in [-0.25, -0.2) is 13.1 Å². The van der Waals surface area contributed by atoms with Gasteiger partial charge in [-0.1, -0.05) is 0 Å². The second-order valence-corrected chi connectivity index (χ2v) is 7.25. The second kappa shape index (κ2) is 8.49. The van der Waals surface area contributed by atoms with Crippen molar-refractivity contribution in [3.8, 4) is 6.07 Å². The van der Waals surface area contributed by atoms with Crippen LogP contribution >= 0.6 is 12.4 Å². The molecule has 0 amide bonds. The number of hydrogen-bond acceptors (Lipinski definition) is 4. The van der Waals surface area contributed by atoms with Gasteiger partial charge in [-0.3, -0.25) is 0 Å². The van der Waals surface area contributed by atoms with Crippen LogP contribution < -0.4 is 10.0 Å². The summed E-state index contributed by atoms with van der Waals surface area (Å²) in [6.45, 7) is 4.23. The molecule has 7 heteroatoms. The number of sulfonamides is 1. The average molecular weight is 344 g/mol. The first-order valence-electron chi connectivity index (χ1n) is 7.24. The van der Waals surface area contributed by atoms with Gasteiger partial charge < -0.3 is 5.32 Å².